The van der Waals surface area contributed by atoms with Gasteiger partial charge in [-0.2, -0.15) is 0 Å². The van der Waals surface area contributed by atoms with E-state index in [0.717, 1.165) is 56.3 Å². The average molecular weight is 591 g/mol. The molecule has 1 saturated heterocycles. The van der Waals surface area contributed by atoms with Gasteiger partial charge in [0.1, 0.15) is 0 Å². The van der Waals surface area contributed by atoms with Crippen molar-refractivity contribution in [2.45, 2.75) is 86.1 Å². The molecule has 6 N–H and O–H groups in total. The smallest absolute Gasteiger partial charge is 0.303 e. The highest BCUT2D eigenvalue weighted by molar-refractivity contribution is 6.04. The second kappa shape index (κ2) is 12.9. The monoisotopic (exact) mass is 590 g/mol. The Morgan fingerprint density at radius 1 is 0.907 bits per heavy atom. The molecule has 43 heavy (non-hydrogen) atoms. The zero-order valence-corrected chi connectivity index (χ0v) is 25.7. The van der Waals surface area contributed by atoms with E-state index in [1.54, 1.807) is 6.08 Å². The molecule has 0 radical (unpaired) electrons. The van der Waals surface area contributed by atoms with E-state index in [2.05, 4.69) is 27.5 Å². The number of carboxylic acid groups (broad SMARTS) is 2. The van der Waals surface area contributed by atoms with Crippen LogP contribution in [0.15, 0.2) is 22.9 Å². The van der Waals surface area contributed by atoms with Crippen LogP contribution in [0, 0.1) is 25.7 Å². The third kappa shape index (κ3) is 6.53. The van der Waals surface area contributed by atoms with Gasteiger partial charge in [0.25, 0.3) is 5.91 Å². The molecule has 0 aromatic carbocycles. The standard InChI is InChI=1S/C33H42N4O6/c1-7-20-19(6)32(42)37-27(20)14-25-18(5)23(10-12-31(40)41)29(35-25)15-28-22(9-11-30(38)39)17(4)24(34-28)13-26-16(3)21(8-2)33(43)36-26/h8,13,15,19-20,27,34-35H,7,9-12,14H2,1-6H3,(H,36,43)(H,37,42)(H,38,39)(H,40,41)/b21-8-,24-13+,28-15-/t19-,20-,27?/m1/s1. The van der Waals surface area contributed by atoms with Crippen LogP contribution in [0.2, 0.25) is 0 Å². The van der Waals surface area contributed by atoms with Gasteiger partial charge in [0, 0.05) is 64.6 Å². The summed E-state index contributed by atoms with van der Waals surface area (Å²) in [4.78, 5) is 54.8. The van der Waals surface area contributed by atoms with Crippen LogP contribution in [-0.2, 0) is 38.4 Å². The largest absolute Gasteiger partial charge is 0.481 e. The Hall–Kier alpha value is -4.34. The molecular weight excluding hydrogens is 548 g/mol. The van der Waals surface area contributed by atoms with Crippen molar-refractivity contribution in [1.82, 2.24) is 20.6 Å². The molecule has 1 fully saturated rings. The summed E-state index contributed by atoms with van der Waals surface area (Å²) in [7, 11) is 0. The molecule has 4 rings (SSSR count). The molecule has 1 unspecified atom stereocenters. The van der Waals surface area contributed by atoms with Crippen LogP contribution < -0.4 is 21.3 Å². The molecule has 2 aromatic heterocycles. The SMILES string of the molecule is C/C=C1\C(=O)NC(/C=c2/[nH]/c(=C\c3[nH]c(CC4NC(=O)[C@H](C)[C@H]4CC)c(C)c3CCC(=O)O)c(CCC(=O)O)c2C)=C1C. The van der Waals surface area contributed by atoms with Crippen LogP contribution in [0.4, 0.5) is 0 Å². The highest BCUT2D eigenvalue weighted by atomic mass is 16.4. The molecular formula is C33H42N4O6. The Morgan fingerprint density at radius 3 is 2.14 bits per heavy atom. The summed E-state index contributed by atoms with van der Waals surface area (Å²) in [5.74, 6) is -1.78. The van der Waals surface area contributed by atoms with Gasteiger partial charge in [-0.25, -0.2) is 0 Å². The van der Waals surface area contributed by atoms with Crippen LogP contribution in [-0.4, -0.2) is 50.0 Å². The summed E-state index contributed by atoms with van der Waals surface area (Å²) < 4.78 is 0. The second-order valence-electron chi connectivity index (χ2n) is 11.6. The summed E-state index contributed by atoms with van der Waals surface area (Å²) >= 11 is 0. The summed E-state index contributed by atoms with van der Waals surface area (Å²) in [5, 5.41) is 26.4. The Bertz CT molecular complexity index is 1650. The van der Waals surface area contributed by atoms with Crippen molar-refractivity contribution >= 4 is 35.9 Å². The van der Waals surface area contributed by atoms with Crippen molar-refractivity contribution in [1.29, 1.82) is 0 Å². The molecule has 2 amide bonds. The highest BCUT2D eigenvalue weighted by Gasteiger charge is 2.38. The van der Waals surface area contributed by atoms with E-state index < -0.39 is 11.9 Å². The van der Waals surface area contributed by atoms with Crippen LogP contribution in [0.1, 0.15) is 80.6 Å². The first-order chi connectivity index (χ1) is 20.4. The number of carboxylic acids is 2. The van der Waals surface area contributed by atoms with Gasteiger partial charge in [-0.3, -0.25) is 19.2 Å². The Balaban J connectivity index is 1.85. The van der Waals surface area contributed by atoms with E-state index in [9.17, 15) is 29.4 Å². The van der Waals surface area contributed by atoms with E-state index in [-0.39, 0.29) is 42.5 Å². The van der Waals surface area contributed by atoms with Gasteiger partial charge in [-0.05, 0) is 86.4 Å². The van der Waals surface area contributed by atoms with Crippen LogP contribution >= 0.6 is 0 Å². The Morgan fingerprint density at radius 2 is 1.56 bits per heavy atom. The highest BCUT2D eigenvalue weighted by Crippen LogP contribution is 2.30. The predicted octanol–water partition coefficient (Wildman–Crippen LogP) is 2.66. The lowest BCUT2D eigenvalue weighted by molar-refractivity contribution is -0.138. The number of aromatic amines is 2. The average Bonchev–Trinajstić information content (AvgIpc) is 3.59. The minimum absolute atomic E-state index is 0.0229. The number of nitrogens with one attached hydrogen (secondary N) is 4. The first-order valence-electron chi connectivity index (χ1n) is 14.9. The van der Waals surface area contributed by atoms with Crippen molar-refractivity contribution in [2.75, 3.05) is 0 Å². The minimum Gasteiger partial charge on any atom is -0.481 e. The molecule has 0 spiro atoms. The number of aliphatic carboxylic acids is 2. The third-order valence-corrected chi connectivity index (χ3v) is 9.11. The maximum Gasteiger partial charge on any atom is 0.303 e. The van der Waals surface area contributed by atoms with E-state index in [1.165, 1.54) is 0 Å². The zero-order valence-electron chi connectivity index (χ0n) is 25.7. The van der Waals surface area contributed by atoms with Gasteiger partial charge in [0.2, 0.25) is 5.91 Å². The molecule has 0 saturated carbocycles. The summed E-state index contributed by atoms with van der Waals surface area (Å²) in [6.07, 6.45) is 7.56. The molecule has 3 atom stereocenters. The van der Waals surface area contributed by atoms with E-state index in [4.69, 9.17) is 0 Å². The molecule has 2 aliphatic rings. The lowest BCUT2D eigenvalue weighted by atomic mass is 9.87. The fourth-order valence-corrected chi connectivity index (χ4v) is 6.50. The second-order valence-corrected chi connectivity index (χ2v) is 11.6. The number of rotatable bonds is 11. The van der Waals surface area contributed by atoms with Crippen LogP contribution in [0.25, 0.3) is 12.2 Å². The first kappa shape index (κ1) is 31.6. The van der Waals surface area contributed by atoms with Crippen molar-refractivity contribution in [2.24, 2.45) is 11.8 Å². The normalized spacial score (nSPS) is 22.2. The number of aromatic nitrogens is 2. The maximum absolute atomic E-state index is 12.4. The number of H-pyrrole nitrogens is 2. The predicted molar refractivity (Wildman–Crippen MR) is 163 cm³/mol. The van der Waals surface area contributed by atoms with Gasteiger partial charge in [-0.1, -0.05) is 26.3 Å². The number of allylic oxidation sites excluding steroid dienone is 2. The topological polar surface area (TPSA) is 164 Å². The van der Waals surface area contributed by atoms with Gasteiger partial charge in [0.05, 0.1) is 0 Å². The quantitative estimate of drug-likeness (QED) is 0.220. The van der Waals surface area contributed by atoms with Gasteiger partial charge >= 0.3 is 11.9 Å². The number of carbonyl (C=O) groups excluding carboxylic acids is 2. The molecule has 10 nitrogen and oxygen atoms in total. The fraction of sp³-hybridized carbons (Fsp3) is 0.455. The van der Waals surface area contributed by atoms with E-state index in [0.29, 0.717) is 30.5 Å². The maximum atomic E-state index is 12.4. The minimum atomic E-state index is -0.908. The lowest BCUT2D eigenvalue weighted by Crippen LogP contribution is -2.31. The summed E-state index contributed by atoms with van der Waals surface area (Å²) in [6.45, 7) is 11.6. The van der Waals surface area contributed by atoms with Crippen molar-refractivity contribution in [3.8, 4) is 0 Å². The van der Waals surface area contributed by atoms with Crippen molar-refractivity contribution in [3.63, 3.8) is 0 Å². The van der Waals surface area contributed by atoms with Crippen LogP contribution in [0.3, 0.4) is 0 Å². The van der Waals surface area contributed by atoms with E-state index >= 15 is 0 Å². The number of carbonyl (C=O) groups is 4. The Kier molecular flexibility index (Phi) is 9.47. The summed E-state index contributed by atoms with van der Waals surface area (Å²) in [5.41, 5.74) is 7.38. The lowest BCUT2D eigenvalue weighted by Gasteiger charge is -2.19. The third-order valence-electron chi connectivity index (χ3n) is 9.11. The molecule has 10 heteroatoms. The number of hydrogen-bond donors (Lipinski definition) is 6. The van der Waals surface area contributed by atoms with Crippen molar-refractivity contribution < 1.29 is 29.4 Å². The molecule has 0 aliphatic carbocycles. The van der Waals surface area contributed by atoms with Crippen molar-refractivity contribution in [3.05, 3.63) is 67.3 Å². The molecule has 2 aliphatic heterocycles. The van der Waals surface area contributed by atoms with Crippen LogP contribution in [0.5, 0.6) is 0 Å². The molecule has 2 aromatic rings. The number of hydrogen-bond acceptors (Lipinski definition) is 4. The Labute approximate surface area is 251 Å². The molecule has 0 bridgehead atoms. The van der Waals surface area contributed by atoms with E-state index in [1.807, 2.05) is 46.8 Å². The summed E-state index contributed by atoms with van der Waals surface area (Å²) in [6, 6.07) is -0.0229. The van der Waals surface area contributed by atoms with Gasteiger partial charge in [0.15, 0.2) is 0 Å². The fourth-order valence-electron chi connectivity index (χ4n) is 6.50. The molecule has 4 heterocycles. The van der Waals surface area contributed by atoms with Gasteiger partial charge < -0.3 is 30.8 Å². The first-order valence-corrected chi connectivity index (χ1v) is 14.9. The molecule has 230 valence electrons. The van der Waals surface area contributed by atoms with Gasteiger partial charge in [-0.15, -0.1) is 0 Å². The zero-order chi connectivity index (χ0) is 31.6. The number of amides is 2.